The van der Waals surface area contributed by atoms with Gasteiger partial charge < -0.3 is 16.4 Å². The van der Waals surface area contributed by atoms with Crippen LogP contribution in [0, 0.1) is 5.41 Å². The average molecular weight is 275 g/mol. The fourth-order valence-corrected chi connectivity index (χ4v) is 2.57. The molecule has 1 aliphatic heterocycles. The second kappa shape index (κ2) is 6.05. The number of hydrogen-bond donors (Lipinski definition) is 3. The maximum absolute atomic E-state index is 12.4. The molecule has 0 radical (unpaired) electrons. The molecule has 2 rings (SSSR count). The Morgan fingerprint density at radius 3 is 2.55 bits per heavy atom. The lowest BCUT2D eigenvalue weighted by Gasteiger charge is -2.25. The molecule has 1 unspecified atom stereocenters. The largest absolute Gasteiger partial charge is 0.369 e. The zero-order chi connectivity index (χ0) is 14.6. The molecule has 4 N–H and O–H groups in total. The van der Waals surface area contributed by atoms with Gasteiger partial charge >= 0.3 is 0 Å². The summed E-state index contributed by atoms with van der Waals surface area (Å²) in [4.78, 5) is 23.2. The Kier molecular flexibility index (Phi) is 4.39. The summed E-state index contributed by atoms with van der Waals surface area (Å²) in [7, 11) is 0. The van der Waals surface area contributed by atoms with Gasteiger partial charge in [0.15, 0.2) is 0 Å². The highest BCUT2D eigenvalue weighted by Crippen LogP contribution is 2.30. The van der Waals surface area contributed by atoms with E-state index >= 15 is 0 Å². The number of nitrogens with two attached hydrogens (primary N) is 1. The molecule has 20 heavy (non-hydrogen) atoms. The van der Waals surface area contributed by atoms with Crippen LogP contribution in [0.25, 0.3) is 0 Å². The SMILES string of the molecule is CCC1(C(=O)Nc2ccc(CC(N)=O)cc2)CCNC1. The van der Waals surface area contributed by atoms with Crippen LogP contribution in [0.5, 0.6) is 0 Å². The standard InChI is InChI=1S/C15H21N3O2/c1-2-15(7-8-17-10-15)14(20)18-12-5-3-11(4-6-12)9-13(16)19/h3-6,17H,2,7-10H2,1H3,(H2,16,19)(H,18,20). The molecule has 2 amide bonds. The van der Waals surface area contributed by atoms with Crippen molar-refractivity contribution in [3.63, 3.8) is 0 Å². The Labute approximate surface area is 118 Å². The van der Waals surface area contributed by atoms with Crippen LogP contribution in [-0.4, -0.2) is 24.9 Å². The number of hydrogen-bond acceptors (Lipinski definition) is 3. The summed E-state index contributed by atoms with van der Waals surface area (Å²) in [6.45, 7) is 3.66. The van der Waals surface area contributed by atoms with Gasteiger partial charge in [-0.3, -0.25) is 9.59 Å². The summed E-state index contributed by atoms with van der Waals surface area (Å²) in [5, 5.41) is 6.21. The van der Waals surface area contributed by atoms with Crippen molar-refractivity contribution in [3.8, 4) is 0 Å². The van der Waals surface area contributed by atoms with Gasteiger partial charge in [0, 0.05) is 12.2 Å². The van der Waals surface area contributed by atoms with Crippen molar-refractivity contribution in [2.45, 2.75) is 26.2 Å². The number of rotatable bonds is 5. The Morgan fingerprint density at radius 2 is 2.05 bits per heavy atom. The molecule has 0 saturated carbocycles. The van der Waals surface area contributed by atoms with Gasteiger partial charge in [-0.05, 0) is 37.1 Å². The average Bonchev–Trinajstić information content (AvgIpc) is 2.90. The Hall–Kier alpha value is -1.88. The van der Waals surface area contributed by atoms with Crippen LogP contribution in [0.2, 0.25) is 0 Å². The highest BCUT2D eigenvalue weighted by atomic mass is 16.2. The molecule has 0 aromatic heterocycles. The molecule has 1 aromatic carbocycles. The number of anilines is 1. The van der Waals surface area contributed by atoms with Crippen molar-refractivity contribution in [3.05, 3.63) is 29.8 Å². The minimum Gasteiger partial charge on any atom is -0.369 e. The third-order valence-corrected chi connectivity index (χ3v) is 3.99. The molecule has 0 aliphatic carbocycles. The van der Waals surface area contributed by atoms with Gasteiger partial charge in [-0.15, -0.1) is 0 Å². The Balaban J connectivity index is 2.02. The van der Waals surface area contributed by atoms with Crippen LogP contribution >= 0.6 is 0 Å². The lowest BCUT2D eigenvalue weighted by molar-refractivity contribution is -0.124. The highest BCUT2D eigenvalue weighted by molar-refractivity contribution is 5.95. The van der Waals surface area contributed by atoms with Crippen LogP contribution in [0.15, 0.2) is 24.3 Å². The first kappa shape index (κ1) is 14.5. The summed E-state index contributed by atoms with van der Waals surface area (Å²) in [5.41, 5.74) is 6.45. The minimum atomic E-state index is -0.358. The summed E-state index contributed by atoms with van der Waals surface area (Å²) in [6, 6.07) is 7.24. The number of carbonyl (C=O) groups excluding carboxylic acids is 2. The van der Waals surface area contributed by atoms with E-state index in [1.165, 1.54) is 0 Å². The summed E-state index contributed by atoms with van der Waals surface area (Å²) < 4.78 is 0. The van der Waals surface area contributed by atoms with Gasteiger partial charge in [0.05, 0.1) is 11.8 Å². The van der Waals surface area contributed by atoms with Crippen molar-refractivity contribution < 1.29 is 9.59 Å². The first-order chi connectivity index (χ1) is 9.55. The molecule has 1 atom stereocenters. The zero-order valence-corrected chi connectivity index (χ0v) is 11.7. The van der Waals surface area contributed by atoms with Crippen molar-refractivity contribution >= 4 is 17.5 Å². The molecule has 1 aliphatic rings. The lowest BCUT2D eigenvalue weighted by Crippen LogP contribution is -2.37. The number of primary amides is 1. The predicted octanol–water partition coefficient (Wildman–Crippen LogP) is 1.04. The number of nitrogens with one attached hydrogen (secondary N) is 2. The van der Waals surface area contributed by atoms with Crippen molar-refractivity contribution in [1.29, 1.82) is 0 Å². The van der Waals surface area contributed by atoms with Crippen LogP contribution in [0.3, 0.4) is 0 Å². The van der Waals surface area contributed by atoms with Gasteiger partial charge in [0.2, 0.25) is 11.8 Å². The lowest BCUT2D eigenvalue weighted by atomic mass is 9.83. The topological polar surface area (TPSA) is 84.2 Å². The molecular formula is C15H21N3O2. The maximum Gasteiger partial charge on any atom is 0.231 e. The number of benzene rings is 1. The van der Waals surface area contributed by atoms with E-state index in [2.05, 4.69) is 10.6 Å². The zero-order valence-electron chi connectivity index (χ0n) is 11.7. The first-order valence-corrected chi connectivity index (χ1v) is 6.95. The fourth-order valence-electron chi connectivity index (χ4n) is 2.57. The second-order valence-electron chi connectivity index (χ2n) is 5.35. The van der Waals surface area contributed by atoms with Gasteiger partial charge in [0.25, 0.3) is 0 Å². The van der Waals surface area contributed by atoms with E-state index < -0.39 is 0 Å². The van der Waals surface area contributed by atoms with Gasteiger partial charge in [-0.25, -0.2) is 0 Å². The first-order valence-electron chi connectivity index (χ1n) is 6.95. The second-order valence-corrected chi connectivity index (χ2v) is 5.35. The van der Waals surface area contributed by atoms with Gasteiger partial charge in [-0.1, -0.05) is 19.1 Å². The molecular weight excluding hydrogens is 254 g/mol. The molecule has 108 valence electrons. The summed E-state index contributed by atoms with van der Waals surface area (Å²) >= 11 is 0. The van der Waals surface area contributed by atoms with E-state index in [9.17, 15) is 9.59 Å². The van der Waals surface area contributed by atoms with Crippen LogP contribution in [0.1, 0.15) is 25.3 Å². The third kappa shape index (κ3) is 3.17. The smallest absolute Gasteiger partial charge is 0.231 e. The maximum atomic E-state index is 12.4. The van der Waals surface area contributed by atoms with Crippen molar-refractivity contribution in [1.82, 2.24) is 5.32 Å². The Morgan fingerprint density at radius 1 is 1.35 bits per heavy atom. The van der Waals surface area contributed by atoms with Crippen molar-refractivity contribution in [2.24, 2.45) is 11.1 Å². The fraction of sp³-hybridized carbons (Fsp3) is 0.467. The molecule has 1 saturated heterocycles. The van der Waals surface area contributed by atoms with Crippen LogP contribution in [0.4, 0.5) is 5.69 Å². The van der Waals surface area contributed by atoms with Crippen LogP contribution in [-0.2, 0) is 16.0 Å². The molecule has 0 bridgehead atoms. The quantitative estimate of drug-likeness (QED) is 0.750. The molecule has 1 fully saturated rings. The summed E-state index contributed by atoms with van der Waals surface area (Å²) in [6.07, 6.45) is 1.91. The predicted molar refractivity (Wildman–Crippen MR) is 78.2 cm³/mol. The Bertz CT molecular complexity index is 490. The van der Waals surface area contributed by atoms with E-state index in [1.807, 2.05) is 31.2 Å². The molecule has 1 heterocycles. The highest BCUT2D eigenvalue weighted by Gasteiger charge is 2.39. The molecule has 0 spiro atoms. The monoisotopic (exact) mass is 275 g/mol. The van der Waals surface area contributed by atoms with E-state index in [0.29, 0.717) is 0 Å². The molecule has 1 aromatic rings. The van der Waals surface area contributed by atoms with Gasteiger partial charge in [0.1, 0.15) is 0 Å². The van der Waals surface area contributed by atoms with E-state index in [1.54, 1.807) is 0 Å². The van der Waals surface area contributed by atoms with E-state index in [-0.39, 0.29) is 23.7 Å². The number of carbonyl (C=O) groups is 2. The van der Waals surface area contributed by atoms with E-state index in [0.717, 1.165) is 37.2 Å². The molecule has 5 nitrogen and oxygen atoms in total. The summed E-state index contributed by atoms with van der Waals surface area (Å²) in [5.74, 6) is -0.295. The minimum absolute atomic E-state index is 0.0626. The normalized spacial score (nSPS) is 21.6. The van der Waals surface area contributed by atoms with E-state index in [4.69, 9.17) is 5.73 Å². The molecule has 5 heteroatoms. The van der Waals surface area contributed by atoms with Crippen molar-refractivity contribution in [2.75, 3.05) is 18.4 Å². The number of amides is 2. The van der Waals surface area contributed by atoms with Gasteiger partial charge in [-0.2, -0.15) is 0 Å². The third-order valence-electron chi connectivity index (χ3n) is 3.99. The van der Waals surface area contributed by atoms with Crippen LogP contribution < -0.4 is 16.4 Å².